The number of carbonyl (C=O) groups excluding carboxylic acids is 1. The number of nitrogens with zero attached hydrogens (tertiary/aromatic N) is 1. The third-order valence-corrected chi connectivity index (χ3v) is 3.15. The van der Waals surface area contributed by atoms with Crippen LogP contribution in [0.5, 0.6) is 0 Å². The minimum absolute atomic E-state index is 0.0982. The highest BCUT2D eigenvalue weighted by atomic mass is 32.1. The van der Waals surface area contributed by atoms with Gasteiger partial charge in [-0.2, -0.15) is 0 Å². The number of rotatable bonds is 5. The van der Waals surface area contributed by atoms with Crippen LogP contribution in [-0.2, 0) is 16.1 Å². The van der Waals surface area contributed by atoms with Crippen molar-refractivity contribution in [1.82, 2.24) is 4.90 Å². The van der Waals surface area contributed by atoms with Gasteiger partial charge in [0.1, 0.15) is 0 Å². The van der Waals surface area contributed by atoms with Gasteiger partial charge in [-0.15, -0.1) is 11.3 Å². The molecule has 0 saturated carbocycles. The molecule has 1 heterocycles. The van der Waals surface area contributed by atoms with Crippen LogP contribution in [0.4, 0.5) is 0 Å². The van der Waals surface area contributed by atoms with Crippen molar-refractivity contribution < 1.29 is 14.7 Å². The zero-order valence-corrected chi connectivity index (χ0v) is 10.7. The molecular weight excluding hydrogens is 238 g/mol. The van der Waals surface area contributed by atoms with E-state index in [-0.39, 0.29) is 5.91 Å². The lowest BCUT2D eigenvalue weighted by atomic mass is 10.2. The molecule has 1 N–H and O–H groups in total. The van der Waals surface area contributed by atoms with Crippen molar-refractivity contribution in [3.63, 3.8) is 0 Å². The molecule has 92 valence electrons. The average Bonchev–Trinajstić information content (AvgIpc) is 2.73. The first-order valence-electron chi connectivity index (χ1n) is 5.25. The van der Waals surface area contributed by atoms with Crippen molar-refractivity contribution in [2.45, 2.75) is 19.9 Å². The molecule has 0 aliphatic carbocycles. The number of thiophene rings is 1. The number of aliphatic carboxylic acids is 1. The molecule has 0 saturated heterocycles. The second-order valence-electron chi connectivity index (χ2n) is 3.62. The maximum atomic E-state index is 11.4. The molecular formula is C12H15NO3S. The van der Waals surface area contributed by atoms with E-state index in [2.05, 4.69) is 0 Å². The molecule has 5 heteroatoms. The Morgan fingerprint density at radius 2 is 2.24 bits per heavy atom. The Morgan fingerprint density at radius 3 is 2.82 bits per heavy atom. The number of hydrogen-bond donors (Lipinski definition) is 1. The van der Waals surface area contributed by atoms with E-state index in [0.29, 0.717) is 13.0 Å². The van der Waals surface area contributed by atoms with Gasteiger partial charge in [0.2, 0.25) is 5.91 Å². The van der Waals surface area contributed by atoms with Crippen LogP contribution in [0.15, 0.2) is 17.5 Å². The predicted octanol–water partition coefficient (Wildman–Crippen LogP) is 2.21. The molecule has 1 rings (SSSR count). The van der Waals surface area contributed by atoms with Gasteiger partial charge in [0, 0.05) is 24.4 Å². The lowest BCUT2D eigenvalue weighted by molar-refractivity contribution is -0.131. The largest absolute Gasteiger partial charge is 0.478 e. The third-order valence-electron chi connectivity index (χ3n) is 2.21. The van der Waals surface area contributed by atoms with Crippen LogP contribution in [0.2, 0.25) is 0 Å². The number of amides is 1. The normalized spacial score (nSPS) is 10.7. The highest BCUT2D eigenvalue weighted by Gasteiger charge is 2.07. The minimum atomic E-state index is -0.962. The van der Waals surface area contributed by atoms with Crippen LogP contribution >= 0.6 is 11.3 Å². The zero-order valence-electron chi connectivity index (χ0n) is 9.84. The van der Waals surface area contributed by atoms with Crippen LogP contribution in [0.1, 0.15) is 23.8 Å². The van der Waals surface area contributed by atoms with Gasteiger partial charge in [0.25, 0.3) is 0 Å². The maximum absolute atomic E-state index is 11.4. The monoisotopic (exact) mass is 253 g/mol. The van der Waals surface area contributed by atoms with Gasteiger partial charge in [0.15, 0.2) is 0 Å². The molecule has 0 fully saturated rings. The molecule has 0 unspecified atom stereocenters. The summed E-state index contributed by atoms with van der Waals surface area (Å²) in [6.45, 7) is 2.40. The Bertz CT molecular complexity index is 437. The van der Waals surface area contributed by atoms with Gasteiger partial charge in [-0.1, -0.05) is 6.92 Å². The van der Waals surface area contributed by atoms with Gasteiger partial charge >= 0.3 is 5.97 Å². The number of carbonyl (C=O) groups is 2. The Hall–Kier alpha value is -1.62. The summed E-state index contributed by atoms with van der Waals surface area (Å²) in [6.07, 6.45) is 3.14. The third kappa shape index (κ3) is 4.40. The molecule has 1 amide bonds. The summed E-state index contributed by atoms with van der Waals surface area (Å²) < 4.78 is 0. The lowest BCUT2D eigenvalue weighted by Crippen LogP contribution is -2.24. The topological polar surface area (TPSA) is 57.6 Å². The van der Waals surface area contributed by atoms with Gasteiger partial charge in [-0.3, -0.25) is 4.79 Å². The fourth-order valence-electron chi connectivity index (χ4n) is 1.33. The van der Waals surface area contributed by atoms with Crippen LogP contribution in [0, 0.1) is 0 Å². The Labute approximate surface area is 104 Å². The van der Waals surface area contributed by atoms with E-state index < -0.39 is 5.97 Å². The average molecular weight is 253 g/mol. The second kappa shape index (κ2) is 6.20. The van der Waals surface area contributed by atoms with Gasteiger partial charge in [0.05, 0.1) is 6.54 Å². The van der Waals surface area contributed by atoms with Crippen LogP contribution in [-0.4, -0.2) is 28.9 Å². The molecule has 1 aromatic heterocycles. The molecule has 0 bridgehead atoms. The maximum Gasteiger partial charge on any atom is 0.328 e. The van der Waals surface area contributed by atoms with E-state index in [1.807, 2.05) is 18.4 Å². The van der Waals surface area contributed by atoms with Crippen LogP contribution in [0.25, 0.3) is 6.08 Å². The standard InChI is InChI=1S/C12H15NO3S/c1-3-11(14)13(2)7-10-6-9(8-17-10)4-5-12(15)16/h4-6,8H,3,7H2,1-2H3,(H,15,16). The molecule has 0 aromatic carbocycles. The molecule has 0 spiro atoms. The molecule has 0 atom stereocenters. The van der Waals surface area contributed by atoms with Gasteiger partial charge in [-0.05, 0) is 23.1 Å². The summed E-state index contributed by atoms with van der Waals surface area (Å²) in [5.74, 6) is -0.864. The van der Waals surface area contributed by atoms with Gasteiger partial charge < -0.3 is 10.0 Å². The van der Waals surface area contributed by atoms with E-state index >= 15 is 0 Å². The first-order valence-corrected chi connectivity index (χ1v) is 6.13. The molecule has 17 heavy (non-hydrogen) atoms. The minimum Gasteiger partial charge on any atom is -0.478 e. The highest BCUT2D eigenvalue weighted by molar-refractivity contribution is 7.10. The summed E-state index contributed by atoms with van der Waals surface area (Å²) in [4.78, 5) is 24.4. The van der Waals surface area contributed by atoms with Crippen molar-refractivity contribution in [1.29, 1.82) is 0 Å². The van der Waals surface area contributed by atoms with E-state index in [4.69, 9.17) is 5.11 Å². The van der Waals surface area contributed by atoms with Crippen molar-refractivity contribution in [3.8, 4) is 0 Å². The summed E-state index contributed by atoms with van der Waals surface area (Å²) in [5, 5.41) is 10.4. The van der Waals surface area contributed by atoms with Crippen molar-refractivity contribution in [2.75, 3.05) is 7.05 Å². The number of hydrogen-bond acceptors (Lipinski definition) is 3. The van der Waals surface area contributed by atoms with E-state index in [0.717, 1.165) is 16.5 Å². The SMILES string of the molecule is CCC(=O)N(C)Cc1cc(C=CC(=O)O)cs1. The van der Waals surface area contributed by atoms with Crippen LogP contribution in [0.3, 0.4) is 0 Å². The first-order chi connectivity index (χ1) is 8.02. The summed E-state index contributed by atoms with van der Waals surface area (Å²) in [7, 11) is 1.76. The molecule has 1 aromatic rings. The van der Waals surface area contributed by atoms with E-state index in [9.17, 15) is 9.59 Å². The van der Waals surface area contributed by atoms with Gasteiger partial charge in [-0.25, -0.2) is 4.79 Å². The summed E-state index contributed by atoms with van der Waals surface area (Å²) in [5.41, 5.74) is 0.852. The molecule has 4 nitrogen and oxygen atoms in total. The van der Waals surface area contributed by atoms with Crippen LogP contribution < -0.4 is 0 Å². The first kappa shape index (κ1) is 13.4. The van der Waals surface area contributed by atoms with E-state index in [1.165, 1.54) is 11.3 Å². The number of carboxylic acids is 1. The summed E-state index contributed by atoms with van der Waals surface area (Å²) in [6, 6.07) is 1.89. The predicted molar refractivity (Wildman–Crippen MR) is 67.8 cm³/mol. The number of carboxylic acid groups (broad SMARTS) is 1. The molecule has 0 aliphatic rings. The Balaban J connectivity index is 2.62. The summed E-state index contributed by atoms with van der Waals surface area (Å²) >= 11 is 1.52. The Morgan fingerprint density at radius 1 is 1.53 bits per heavy atom. The fourth-order valence-corrected chi connectivity index (χ4v) is 2.23. The smallest absolute Gasteiger partial charge is 0.328 e. The zero-order chi connectivity index (χ0) is 12.8. The lowest BCUT2D eigenvalue weighted by Gasteiger charge is -2.14. The Kier molecular flexibility index (Phi) is 4.90. The van der Waals surface area contributed by atoms with Crippen molar-refractivity contribution in [3.05, 3.63) is 28.0 Å². The highest BCUT2D eigenvalue weighted by Crippen LogP contribution is 2.17. The molecule has 0 aliphatic heterocycles. The quantitative estimate of drug-likeness (QED) is 0.818. The second-order valence-corrected chi connectivity index (χ2v) is 4.62. The van der Waals surface area contributed by atoms with E-state index in [1.54, 1.807) is 18.0 Å². The van der Waals surface area contributed by atoms with Crippen molar-refractivity contribution in [2.24, 2.45) is 0 Å². The fraction of sp³-hybridized carbons (Fsp3) is 0.333. The van der Waals surface area contributed by atoms with Crippen molar-refractivity contribution >= 4 is 29.3 Å². The molecule has 0 radical (unpaired) electrons.